The third-order valence-corrected chi connectivity index (χ3v) is 5.04. The van der Waals surface area contributed by atoms with Crippen molar-refractivity contribution in [3.8, 4) is 11.6 Å². The lowest BCUT2D eigenvalue weighted by atomic mass is 10.1. The highest BCUT2D eigenvalue weighted by atomic mass is 16.3. The molecule has 1 heterocycles. The van der Waals surface area contributed by atoms with Crippen LogP contribution in [0, 0.1) is 0 Å². The van der Waals surface area contributed by atoms with Crippen LogP contribution < -0.4 is 5.32 Å². The third-order valence-electron chi connectivity index (χ3n) is 5.04. The zero-order chi connectivity index (χ0) is 23.4. The quantitative estimate of drug-likeness (QED) is 0.309. The Morgan fingerprint density at radius 3 is 2.33 bits per heavy atom. The zero-order valence-corrected chi connectivity index (χ0v) is 17.6. The lowest BCUT2D eigenvalue weighted by Crippen LogP contribution is -2.26. The number of carbonyl (C=O) groups excluding carboxylic acids is 2. The number of hydrogen-bond donors (Lipinski definition) is 3. The number of aryl methyl sites for hydroxylation is 1. The molecule has 1 aromatic heterocycles. The first kappa shape index (κ1) is 21.5. The maximum Gasteiger partial charge on any atom is 0.311 e. The van der Waals surface area contributed by atoms with Crippen molar-refractivity contribution in [2.24, 2.45) is 17.3 Å². The number of phenols is 1. The Kier molecular flexibility index (Phi) is 5.99. The van der Waals surface area contributed by atoms with Gasteiger partial charge in [0.05, 0.1) is 5.52 Å². The summed E-state index contributed by atoms with van der Waals surface area (Å²) in [6, 6.07) is 21.9. The van der Waals surface area contributed by atoms with Crippen LogP contribution in [0.5, 0.6) is 11.6 Å². The lowest BCUT2D eigenvalue weighted by Gasteiger charge is -2.07. The number of azo groups is 1. The fraction of sp³-hybridized carbons (Fsp3) is 0.0400. The summed E-state index contributed by atoms with van der Waals surface area (Å²) in [6.45, 7) is 0. The fourth-order valence-corrected chi connectivity index (χ4v) is 3.31. The largest absolute Gasteiger partial charge is 0.507 e. The van der Waals surface area contributed by atoms with E-state index in [4.69, 9.17) is 0 Å². The molecule has 2 amide bonds. The van der Waals surface area contributed by atoms with Crippen molar-refractivity contribution in [3.63, 3.8) is 0 Å². The number of carbonyl (C=O) groups is 2. The minimum absolute atomic E-state index is 0.0691. The van der Waals surface area contributed by atoms with Crippen molar-refractivity contribution < 1.29 is 19.8 Å². The molecule has 0 fully saturated rings. The molecule has 0 saturated heterocycles. The average Bonchev–Trinajstić information content (AvgIpc) is 3.08. The lowest BCUT2D eigenvalue weighted by molar-refractivity contribution is -0.115. The molecular weight excluding hydrogens is 420 g/mol. The third kappa shape index (κ3) is 4.49. The van der Waals surface area contributed by atoms with Crippen molar-refractivity contribution in [2.45, 2.75) is 0 Å². The predicted octanol–water partition coefficient (Wildman–Crippen LogP) is 4.67. The molecule has 3 N–H and O–H groups in total. The number of phenolic OH excluding ortho intramolecular Hbond substituents is 1. The van der Waals surface area contributed by atoms with Gasteiger partial charge in [0.2, 0.25) is 5.88 Å². The standard InChI is InChI=1S/C25H20N4O4/c1-29-20-13-7-6-12-18(20)22(25(29)33)27-28-24(32)19(15-17-11-5-8-14-21(17)30)26-23(31)16-9-3-2-4-10-16/h2-15,30,33H,1H3,(H,26,31)/b19-15-,28-27?. The number of para-hydroxylation sites is 2. The van der Waals surface area contributed by atoms with Gasteiger partial charge in [0.15, 0.2) is 5.69 Å². The molecule has 164 valence electrons. The first-order chi connectivity index (χ1) is 16.0. The number of amides is 2. The predicted molar refractivity (Wildman–Crippen MR) is 124 cm³/mol. The summed E-state index contributed by atoms with van der Waals surface area (Å²) < 4.78 is 1.53. The molecule has 0 radical (unpaired) electrons. The van der Waals surface area contributed by atoms with E-state index in [1.807, 2.05) is 6.07 Å². The summed E-state index contributed by atoms with van der Waals surface area (Å²) in [4.78, 5) is 25.6. The summed E-state index contributed by atoms with van der Waals surface area (Å²) >= 11 is 0. The molecule has 8 heteroatoms. The van der Waals surface area contributed by atoms with E-state index in [1.165, 1.54) is 16.7 Å². The van der Waals surface area contributed by atoms with E-state index in [-0.39, 0.29) is 23.0 Å². The van der Waals surface area contributed by atoms with Gasteiger partial charge in [-0.05, 0) is 30.3 Å². The van der Waals surface area contributed by atoms with Gasteiger partial charge in [-0.1, -0.05) is 54.6 Å². The molecule has 0 aliphatic rings. The minimum Gasteiger partial charge on any atom is -0.507 e. The number of aromatic nitrogens is 1. The maximum absolute atomic E-state index is 12.9. The van der Waals surface area contributed by atoms with Crippen LogP contribution in [0.25, 0.3) is 17.0 Å². The van der Waals surface area contributed by atoms with E-state index in [9.17, 15) is 19.8 Å². The van der Waals surface area contributed by atoms with Gasteiger partial charge in [-0.2, -0.15) is 0 Å². The molecule has 0 aliphatic heterocycles. The van der Waals surface area contributed by atoms with Gasteiger partial charge >= 0.3 is 5.91 Å². The Hall–Kier alpha value is -4.72. The molecular formula is C25H20N4O4. The molecule has 0 aliphatic carbocycles. The number of nitrogens with zero attached hydrogens (tertiary/aromatic N) is 3. The second kappa shape index (κ2) is 9.19. The van der Waals surface area contributed by atoms with Crippen LogP contribution in [0.15, 0.2) is 94.8 Å². The minimum atomic E-state index is -0.852. The van der Waals surface area contributed by atoms with Gasteiger partial charge in [-0.3, -0.25) is 9.59 Å². The number of rotatable bonds is 5. The highest BCUT2D eigenvalue weighted by molar-refractivity contribution is 6.06. The van der Waals surface area contributed by atoms with E-state index in [1.54, 1.807) is 73.8 Å². The normalized spacial score (nSPS) is 11.7. The summed E-state index contributed by atoms with van der Waals surface area (Å²) in [5.74, 6) is -1.59. The average molecular weight is 440 g/mol. The van der Waals surface area contributed by atoms with Gasteiger partial charge in [-0.15, -0.1) is 10.2 Å². The van der Waals surface area contributed by atoms with Gasteiger partial charge < -0.3 is 20.1 Å². The summed E-state index contributed by atoms with van der Waals surface area (Å²) in [5.41, 5.74) is 1.33. The smallest absolute Gasteiger partial charge is 0.311 e. The number of aromatic hydroxyl groups is 2. The second-order valence-electron chi connectivity index (χ2n) is 7.19. The van der Waals surface area contributed by atoms with Gasteiger partial charge in [0, 0.05) is 23.6 Å². The molecule has 0 spiro atoms. The molecule has 0 unspecified atom stereocenters. The number of benzene rings is 3. The molecule has 33 heavy (non-hydrogen) atoms. The Labute approximate surface area is 189 Å². The van der Waals surface area contributed by atoms with Crippen LogP contribution in [0.1, 0.15) is 15.9 Å². The molecule has 0 atom stereocenters. The van der Waals surface area contributed by atoms with Gasteiger partial charge in [0.1, 0.15) is 11.4 Å². The second-order valence-corrected chi connectivity index (χ2v) is 7.19. The molecule has 8 nitrogen and oxygen atoms in total. The molecule has 4 aromatic rings. The highest BCUT2D eigenvalue weighted by Crippen LogP contribution is 2.37. The van der Waals surface area contributed by atoms with Crippen LogP contribution in [-0.2, 0) is 11.8 Å². The van der Waals surface area contributed by atoms with Gasteiger partial charge in [-0.25, -0.2) is 0 Å². The zero-order valence-electron chi connectivity index (χ0n) is 17.6. The van der Waals surface area contributed by atoms with Crippen LogP contribution in [-0.4, -0.2) is 26.6 Å². The van der Waals surface area contributed by atoms with Gasteiger partial charge in [0.25, 0.3) is 5.91 Å². The van der Waals surface area contributed by atoms with Crippen LogP contribution in [0.4, 0.5) is 5.69 Å². The Balaban J connectivity index is 1.70. The van der Waals surface area contributed by atoms with Crippen LogP contribution in [0.2, 0.25) is 0 Å². The number of nitrogens with one attached hydrogen (secondary N) is 1. The molecule has 3 aromatic carbocycles. The maximum atomic E-state index is 12.9. The molecule has 4 rings (SSSR count). The monoisotopic (exact) mass is 440 g/mol. The SMILES string of the molecule is Cn1c(O)c(N=NC(=O)/C(=C/c2ccccc2O)NC(=O)c2ccccc2)c2ccccc21. The Morgan fingerprint density at radius 1 is 0.909 bits per heavy atom. The molecule has 0 saturated carbocycles. The number of hydrogen-bond acceptors (Lipinski definition) is 5. The van der Waals surface area contributed by atoms with E-state index >= 15 is 0 Å². The summed E-state index contributed by atoms with van der Waals surface area (Å²) in [5, 5.41) is 31.4. The fourth-order valence-electron chi connectivity index (χ4n) is 3.31. The number of fused-ring (bicyclic) bond motifs is 1. The van der Waals surface area contributed by atoms with E-state index in [2.05, 4.69) is 15.5 Å². The van der Waals surface area contributed by atoms with Crippen molar-refractivity contribution in [2.75, 3.05) is 0 Å². The van der Waals surface area contributed by atoms with Crippen LogP contribution >= 0.6 is 0 Å². The van der Waals surface area contributed by atoms with E-state index in [0.717, 1.165) is 5.52 Å². The van der Waals surface area contributed by atoms with Crippen molar-refractivity contribution in [1.29, 1.82) is 0 Å². The van der Waals surface area contributed by atoms with Crippen molar-refractivity contribution in [3.05, 3.63) is 95.7 Å². The first-order valence-corrected chi connectivity index (χ1v) is 10.0. The summed E-state index contributed by atoms with van der Waals surface area (Å²) in [7, 11) is 1.67. The first-order valence-electron chi connectivity index (χ1n) is 10.0. The highest BCUT2D eigenvalue weighted by Gasteiger charge is 2.17. The Bertz CT molecular complexity index is 1400. The van der Waals surface area contributed by atoms with E-state index in [0.29, 0.717) is 16.5 Å². The topological polar surface area (TPSA) is 116 Å². The van der Waals surface area contributed by atoms with Crippen molar-refractivity contribution >= 4 is 34.5 Å². The summed E-state index contributed by atoms with van der Waals surface area (Å²) in [6.07, 6.45) is 1.32. The molecule has 0 bridgehead atoms. The van der Waals surface area contributed by atoms with Crippen LogP contribution in [0.3, 0.4) is 0 Å². The Morgan fingerprint density at radius 2 is 1.58 bits per heavy atom. The van der Waals surface area contributed by atoms with Crippen molar-refractivity contribution in [1.82, 2.24) is 9.88 Å². The van der Waals surface area contributed by atoms with E-state index < -0.39 is 11.8 Å².